The summed E-state index contributed by atoms with van der Waals surface area (Å²) in [4.78, 5) is 19.8. The molecule has 2 atom stereocenters. The molecule has 0 bridgehead atoms. The first-order valence-corrected chi connectivity index (χ1v) is 14.4. The molecule has 39 heavy (non-hydrogen) atoms. The van der Waals surface area contributed by atoms with Crippen LogP contribution < -0.4 is 5.32 Å². The summed E-state index contributed by atoms with van der Waals surface area (Å²) >= 11 is 0. The van der Waals surface area contributed by atoms with Crippen molar-refractivity contribution in [3.05, 3.63) is 71.4 Å². The van der Waals surface area contributed by atoms with Crippen molar-refractivity contribution in [2.45, 2.75) is 83.8 Å². The fraction of sp³-hybridized carbons (Fsp3) is 0.424. The summed E-state index contributed by atoms with van der Waals surface area (Å²) in [7, 11) is 0. The van der Waals surface area contributed by atoms with Gasteiger partial charge in [0.25, 0.3) is 5.91 Å². The van der Waals surface area contributed by atoms with Crippen LogP contribution in [0.15, 0.2) is 54.7 Å². The lowest BCUT2D eigenvalue weighted by molar-refractivity contribution is 0.0821. The summed E-state index contributed by atoms with van der Waals surface area (Å²) in [6, 6.07) is 17.6. The van der Waals surface area contributed by atoms with E-state index in [1.165, 1.54) is 48.9 Å². The number of hydrogen-bond acceptors (Lipinski definition) is 4. The van der Waals surface area contributed by atoms with Gasteiger partial charge in [-0.1, -0.05) is 30.3 Å². The number of fused-ring (bicyclic) bond motifs is 2. The molecule has 2 aromatic heterocycles. The average Bonchev–Trinajstić information content (AvgIpc) is 3.52. The predicted octanol–water partition coefficient (Wildman–Crippen LogP) is 6.55. The van der Waals surface area contributed by atoms with Crippen molar-refractivity contribution in [2.24, 2.45) is 0 Å². The highest BCUT2D eigenvalue weighted by molar-refractivity contribution is 5.96. The summed E-state index contributed by atoms with van der Waals surface area (Å²) in [6.07, 6.45) is 9.29. The number of carbonyl (C=O) groups is 1. The van der Waals surface area contributed by atoms with Gasteiger partial charge in [-0.05, 0) is 108 Å². The minimum Gasteiger partial charge on any atom is -0.350 e. The Bertz CT molecular complexity index is 1500. The third-order valence-corrected chi connectivity index (χ3v) is 8.92. The van der Waals surface area contributed by atoms with Crippen LogP contribution >= 0.6 is 0 Å². The molecule has 2 aromatic carbocycles. The number of aromatic nitrogens is 3. The Balaban J connectivity index is 1.26. The maximum Gasteiger partial charge on any atom is 0.251 e. The Morgan fingerprint density at radius 1 is 1.03 bits per heavy atom. The van der Waals surface area contributed by atoms with E-state index >= 15 is 0 Å². The SMILES string of the molecule is CC(C)NC(=O)c1ccc(-c2[nH]nc3ncc(-c4ccc5c(c4)CCC(C)(N4CCC[C@H]4C)CC5)cc23)cc1. The summed E-state index contributed by atoms with van der Waals surface area (Å²) < 4.78 is 0. The molecule has 4 aromatic rings. The van der Waals surface area contributed by atoms with E-state index in [1.807, 2.05) is 44.3 Å². The van der Waals surface area contributed by atoms with E-state index in [4.69, 9.17) is 0 Å². The Kier molecular flexibility index (Phi) is 6.76. The van der Waals surface area contributed by atoms with Crippen LogP contribution in [0.5, 0.6) is 0 Å². The number of amides is 1. The van der Waals surface area contributed by atoms with Crippen LogP contribution in [0.4, 0.5) is 0 Å². The minimum absolute atomic E-state index is 0.0616. The Labute approximate surface area is 231 Å². The molecule has 0 radical (unpaired) electrons. The number of benzene rings is 2. The third-order valence-electron chi connectivity index (χ3n) is 8.92. The highest BCUT2D eigenvalue weighted by Gasteiger charge is 2.38. The number of pyridine rings is 1. The molecule has 0 spiro atoms. The highest BCUT2D eigenvalue weighted by Crippen LogP contribution is 2.38. The largest absolute Gasteiger partial charge is 0.350 e. The second-order valence-electron chi connectivity index (χ2n) is 12.1. The number of aromatic amines is 1. The third kappa shape index (κ3) is 4.98. The highest BCUT2D eigenvalue weighted by atomic mass is 16.1. The molecular formula is C33H39N5O. The maximum absolute atomic E-state index is 12.4. The van der Waals surface area contributed by atoms with Gasteiger partial charge in [0.1, 0.15) is 0 Å². The summed E-state index contributed by atoms with van der Waals surface area (Å²) in [5.41, 5.74) is 8.80. The van der Waals surface area contributed by atoms with E-state index in [1.54, 1.807) is 0 Å². The second-order valence-corrected chi connectivity index (χ2v) is 12.1. The lowest BCUT2D eigenvalue weighted by Gasteiger charge is -2.41. The van der Waals surface area contributed by atoms with Gasteiger partial charge >= 0.3 is 0 Å². The van der Waals surface area contributed by atoms with Gasteiger partial charge in [-0.25, -0.2) is 4.98 Å². The molecule has 6 nitrogen and oxygen atoms in total. The van der Waals surface area contributed by atoms with E-state index in [0.717, 1.165) is 35.0 Å². The summed E-state index contributed by atoms with van der Waals surface area (Å²) in [6.45, 7) is 10.1. The van der Waals surface area contributed by atoms with Gasteiger partial charge in [0.2, 0.25) is 0 Å². The van der Waals surface area contributed by atoms with Crippen molar-refractivity contribution >= 4 is 16.9 Å². The maximum atomic E-state index is 12.4. The second kappa shape index (κ2) is 10.2. The van der Waals surface area contributed by atoms with Crippen molar-refractivity contribution in [3.63, 3.8) is 0 Å². The first-order chi connectivity index (χ1) is 18.8. The van der Waals surface area contributed by atoms with Gasteiger partial charge in [0, 0.05) is 45.9 Å². The van der Waals surface area contributed by atoms with Gasteiger partial charge in [0.05, 0.1) is 5.69 Å². The van der Waals surface area contributed by atoms with Crippen LogP contribution in [-0.4, -0.2) is 50.2 Å². The molecule has 1 amide bonds. The van der Waals surface area contributed by atoms with Gasteiger partial charge < -0.3 is 5.32 Å². The molecule has 202 valence electrons. The first kappa shape index (κ1) is 25.8. The van der Waals surface area contributed by atoms with E-state index in [9.17, 15) is 4.79 Å². The molecule has 2 N–H and O–H groups in total. The number of aryl methyl sites for hydroxylation is 2. The number of likely N-dealkylation sites (tertiary alicyclic amines) is 1. The zero-order valence-electron chi connectivity index (χ0n) is 23.6. The molecule has 0 saturated carbocycles. The van der Waals surface area contributed by atoms with Gasteiger partial charge in [-0.15, -0.1) is 0 Å². The quantitative estimate of drug-likeness (QED) is 0.292. The summed E-state index contributed by atoms with van der Waals surface area (Å²) in [5.74, 6) is -0.0616. The average molecular weight is 522 g/mol. The Morgan fingerprint density at radius 2 is 1.77 bits per heavy atom. The molecule has 1 unspecified atom stereocenters. The number of nitrogens with one attached hydrogen (secondary N) is 2. The van der Waals surface area contributed by atoms with Crippen LogP contribution in [0.1, 0.15) is 74.9 Å². The molecule has 1 aliphatic carbocycles. The number of H-pyrrole nitrogens is 1. The molecular weight excluding hydrogens is 482 g/mol. The summed E-state index contributed by atoms with van der Waals surface area (Å²) in [5, 5.41) is 11.5. The van der Waals surface area contributed by atoms with Crippen molar-refractivity contribution in [1.29, 1.82) is 0 Å². The van der Waals surface area contributed by atoms with E-state index in [0.29, 0.717) is 17.3 Å². The number of rotatable bonds is 5. The minimum atomic E-state index is -0.0616. The monoisotopic (exact) mass is 521 g/mol. The predicted molar refractivity (Wildman–Crippen MR) is 158 cm³/mol. The molecule has 6 rings (SSSR count). The lowest BCUT2D eigenvalue weighted by atomic mass is 9.89. The van der Waals surface area contributed by atoms with Crippen LogP contribution in [0.3, 0.4) is 0 Å². The topological polar surface area (TPSA) is 73.9 Å². The van der Waals surface area contributed by atoms with Crippen LogP contribution in [0.25, 0.3) is 33.4 Å². The van der Waals surface area contributed by atoms with Gasteiger partial charge in [-0.3, -0.25) is 14.8 Å². The number of carbonyl (C=O) groups excluding carboxylic acids is 1. The Morgan fingerprint density at radius 3 is 2.49 bits per heavy atom. The van der Waals surface area contributed by atoms with Crippen LogP contribution in [-0.2, 0) is 12.8 Å². The van der Waals surface area contributed by atoms with Crippen molar-refractivity contribution in [1.82, 2.24) is 25.4 Å². The van der Waals surface area contributed by atoms with Crippen molar-refractivity contribution < 1.29 is 4.79 Å². The molecule has 1 fully saturated rings. The van der Waals surface area contributed by atoms with E-state index < -0.39 is 0 Å². The lowest BCUT2D eigenvalue weighted by Crippen LogP contribution is -2.48. The fourth-order valence-electron chi connectivity index (χ4n) is 6.65. The van der Waals surface area contributed by atoms with E-state index in [2.05, 4.69) is 63.5 Å². The zero-order chi connectivity index (χ0) is 27.1. The smallest absolute Gasteiger partial charge is 0.251 e. The number of hydrogen-bond donors (Lipinski definition) is 2. The number of nitrogens with zero attached hydrogens (tertiary/aromatic N) is 3. The van der Waals surface area contributed by atoms with Crippen LogP contribution in [0, 0.1) is 0 Å². The van der Waals surface area contributed by atoms with Crippen molar-refractivity contribution in [3.8, 4) is 22.4 Å². The van der Waals surface area contributed by atoms with Crippen molar-refractivity contribution in [2.75, 3.05) is 6.54 Å². The molecule has 1 aliphatic heterocycles. The standard InChI is InChI=1S/C33H39N5O/c1-21(2)35-32(39)25-10-8-24(9-11-25)30-29-19-28(20-34-31(29)37-36-30)26-12-7-23-13-15-33(4,16-14-27(23)18-26)38-17-5-6-22(38)3/h7-12,18-22H,5-6,13-17H2,1-4H3,(H,35,39)(H,34,36,37)/t22-,33?/m1/s1. The van der Waals surface area contributed by atoms with Gasteiger partial charge in [0.15, 0.2) is 5.65 Å². The van der Waals surface area contributed by atoms with Gasteiger partial charge in [-0.2, -0.15) is 5.10 Å². The molecule has 1 saturated heterocycles. The normalized spacial score (nSPS) is 21.7. The zero-order valence-corrected chi connectivity index (χ0v) is 23.6. The first-order valence-electron chi connectivity index (χ1n) is 14.4. The molecule has 3 heterocycles. The molecule has 6 heteroatoms. The van der Waals surface area contributed by atoms with E-state index in [-0.39, 0.29) is 17.5 Å². The van der Waals surface area contributed by atoms with Crippen LogP contribution in [0.2, 0.25) is 0 Å². The Hall–Kier alpha value is -3.51. The fourth-order valence-corrected chi connectivity index (χ4v) is 6.65. The molecule has 2 aliphatic rings.